The third kappa shape index (κ3) is 8.16. The molecule has 1 aromatic rings. The number of nitrogens with one attached hydrogen (secondary N) is 2. The first-order valence-electron chi connectivity index (χ1n) is 7.82. The molecule has 0 aromatic heterocycles. The quantitative estimate of drug-likeness (QED) is 0.700. The predicted octanol–water partition coefficient (Wildman–Crippen LogP) is 1.43. The Bertz CT molecular complexity index is 453. The minimum absolute atomic E-state index is 0. The highest BCUT2D eigenvalue weighted by atomic mass is 35.5. The highest BCUT2D eigenvalue weighted by Crippen LogP contribution is 2.10. The summed E-state index contributed by atoms with van der Waals surface area (Å²) in [6.07, 6.45) is 1.27. The monoisotopic (exact) mass is 345 g/mol. The summed E-state index contributed by atoms with van der Waals surface area (Å²) < 4.78 is 18.1. The lowest BCUT2D eigenvalue weighted by Gasteiger charge is -2.27. The number of benzene rings is 1. The summed E-state index contributed by atoms with van der Waals surface area (Å²) in [4.78, 5) is 14.1. The van der Waals surface area contributed by atoms with Gasteiger partial charge in [-0.25, -0.2) is 4.39 Å². The molecule has 1 aliphatic heterocycles. The molecule has 0 saturated carbocycles. The van der Waals surface area contributed by atoms with Crippen LogP contribution in [0.4, 0.5) is 4.39 Å². The smallest absolute Gasteiger partial charge is 0.223 e. The van der Waals surface area contributed by atoms with Gasteiger partial charge in [0.25, 0.3) is 0 Å². The van der Waals surface area contributed by atoms with Crippen LogP contribution in [0.5, 0.6) is 5.75 Å². The van der Waals surface area contributed by atoms with E-state index in [4.69, 9.17) is 4.74 Å². The molecule has 1 aromatic carbocycles. The Balaban J connectivity index is 0.00000264. The van der Waals surface area contributed by atoms with E-state index in [2.05, 4.69) is 15.5 Å². The molecule has 23 heavy (non-hydrogen) atoms. The van der Waals surface area contributed by atoms with Crippen LogP contribution in [-0.2, 0) is 4.79 Å². The molecule has 7 heteroatoms. The standard InChI is InChI=1S/C16H24FN3O2.ClH/c17-14-2-4-15(5-3-14)22-13-6-16(21)19-7-1-10-20-11-8-18-9-12-20;/h2-5,18H,1,6-13H2,(H,19,21);1H. The SMILES string of the molecule is Cl.O=C(CCOc1ccc(F)cc1)NCCCN1CCNCC1. The first-order valence-corrected chi connectivity index (χ1v) is 7.82. The van der Waals surface area contributed by atoms with Crippen molar-refractivity contribution >= 4 is 18.3 Å². The van der Waals surface area contributed by atoms with E-state index in [-0.39, 0.29) is 24.1 Å². The van der Waals surface area contributed by atoms with Crippen LogP contribution in [0.1, 0.15) is 12.8 Å². The van der Waals surface area contributed by atoms with Gasteiger partial charge < -0.3 is 20.3 Å². The molecule has 0 spiro atoms. The number of ether oxygens (including phenoxy) is 1. The molecular weight excluding hydrogens is 321 g/mol. The zero-order valence-corrected chi connectivity index (χ0v) is 14.0. The van der Waals surface area contributed by atoms with Crippen LogP contribution < -0.4 is 15.4 Å². The van der Waals surface area contributed by atoms with Crippen molar-refractivity contribution in [3.05, 3.63) is 30.1 Å². The first kappa shape index (κ1) is 19.7. The Morgan fingerprint density at radius 3 is 2.65 bits per heavy atom. The zero-order chi connectivity index (χ0) is 15.6. The maximum atomic E-state index is 12.7. The fourth-order valence-electron chi connectivity index (χ4n) is 2.35. The highest BCUT2D eigenvalue weighted by molar-refractivity contribution is 5.85. The number of rotatable bonds is 8. The molecule has 2 N–H and O–H groups in total. The van der Waals surface area contributed by atoms with E-state index in [0.29, 0.717) is 25.3 Å². The minimum Gasteiger partial charge on any atom is -0.493 e. The molecule has 0 aliphatic carbocycles. The van der Waals surface area contributed by atoms with Crippen molar-refractivity contribution < 1.29 is 13.9 Å². The van der Waals surface area contributed by atoms with Crippen LogP contribution in [0.2, 0.25) is 0 Å². The summed E-state index contributed by atoms with van der Waals surface area (Å²) in [5.74, 6) is 0.268. The molecule has 1 aliphatic rings. The number of hydrogen-bond donors (Lipinski definition) is 2. The van der Waals surface area contributed by atoms with Gasteiger partial charge in [-0.2, -0.15) is 0 Å². The van der Waals surface area contributed by atoms with Crippen molar-refractivity contribution in [1.82, 2.24) is 15.5 Å². The van der Waals surface area contributed by atoms with Crippen LogP contribution in [-0.4, -0.2) is 56.7 Å². The molecular formula is C16H25ClFN3O2. The van der Waals surface area contributed by atoms with Gasteiger partial charge >= 0.3 is 0 Å². The van der Waals surface area contributed by atoms with Crippen LogP contribution >= 0.6 is 12.4 Å². The fourth-order valence-corrected chi connectivity index (χ4v) is 2.35. The van der Waals surface area contributed by atoms with Gasteiger partial charge in [0, 0.05) is 32.7 Å². The van der Waals surface area contributed by atoms with Crippen molar-refractivity contribution in [1.29, 1.82) is 0 Å². The van der Waals surface area contributed by atoms with Gasteiger partial charge in [-0.3, -0.25) is 4.79 Å². The summed E-state index contributed by atoms with van der Waals surface area (Å²) in [6, 6.07) is 5.79. The second-order valence-electron chi connectivity index (χ2n) is 5.35. The molecule has 1 fully saturated rings. The first-order chi connectivity index (χ1) is 10.7. The number of piperazine rings is 1. The van der Waals surface area contributed by atoms with Crippen molar-refractivity contribution in [3.8, 4) is 5.75 Å². The van der Waals surface area contributed by atoms with Gasteiger partial charge in [0.2, 0.25) is 5.91 Å². The zero-order valence-electron chi connectivity index (χ0n) is 13.2. The summed E-state index contributed by atoms with van der Waals surface area (Å²) in [5.41, 5.74) is 0. The van der Waals surface area contributed by atoms with E-state index in [0.717, 1.165) is 39.1 Å². The highest BCUT2D eigenvalue weighted by Gasteiger charge is 2.08. The average Bonchev–Trinajstić information content (AvgIpc) is 2.54. The maximum absolute atomic E-state index is 12.7. The second kappa shape index (κ2) is 11.2. The summed E-state index contributed by atoms with van der Waals surface area (Å²) in [6.45, 7) is 6.28. The van der Waals surface area contributed by atoms with E-state index in [1.807, 2.05) is 0 Å². The van der Waals surface area contributed by atoms with Crippen LogP contribution in [0.15, 0.2) is 24.3 Å². The summed E-state index contributed by atoms with van der Waals surface area (Å²) in [5, 5.41) is 6.21. The molecule has 0 atom stereocenters. The van der Waals surface area contributed by atoms with Gasteiger partial charge in [-0.1, -0.05) is 0 Å². The lowest BCUT2D eigenvalue weighted by molar-refractivity contribution is -0.121. The average molecular weight is 346 g/mol. The Morgan fingerprint density at radius 1 is 1.26 bits per heavy atom. The van der Waals surface area contributed by atoms with E-state index < -0.39 is 0 Å². The molecule has 1 saturated heterocycles. The number of halogens is 2. The van der Waals surface area contributed by atoms with Gasteiger partial charge in [0.15, 0.2) is 0 Å². The van der Waals surface area contributed by atoms with Crippen molar-refractivity contribution in [2.75, 3.05) is 45.9 Å². The van der Waals surface area contributed by atoms with E-state index >= 15 is 0 Å². The largest absolute Gasteiger partial charge is 0.493 e. The Kier molecular flexibility index (Phi) is 9.59. The van der Waals surface area contributed by atoms with E-state index in [1.165, 1.54) is 12.1 Å². The number of hydrogen-bond acceptors (Lipinski definition) is 4. The molecule has 0 unspecified atom stereocenters. The third-order valence-corrected chi connectivity index (χ3v) is 3.59. The Labute approximate surface area is 143 Å². The van der Waals surface area contributed by atoms with Crippen molar-refractivity contribution in [2.45, 2.75) is 12.8 Å². The maximum Gasteiger partial charge on any atom is 0.223 e. The van der Waals surface area contributed by atoms with Gasteiger partial charge in [0.05, 0.1) is 13.0 Å². The minimum atomic E-state index is -0.297. The van der Waals surface area contributed by atoms with Gasteiger partial charge in [-0.05, 0) is 37.2 Å². The summed E-state index contributed by atoms with van der Waals surface area (Å²) >= 11 is 0. The third-order valence-electron chi connectivity index (χ3n) is 3.59. The molecule has 5 nitrogen and oxygen atoms in total. The molecule has 0 radical (unpaired) electrons. The number of carbonyl (C=O) groups excluding carboxylic acids is 1. The second-order valence-corrected chi connectivity index (χ2v) is 5.35. The lowest BCUT2D eigenvalue weighted by Crippen LogP contribution is -2.44. The molecule has 0 bridgehead atoms. The normalized spacial score (nSPS) is 14.8. The van der Waals surface area contributed by atoms with Crippen molar-refractivity contribution in [3.63, 3.8) is 0 Å². The number of carbonyl (C=O) groups is 1. The molecule has 2 rings (SSSR count). The predicted molar refractivity (Wildman–Crippen MR) is 90.7 cm³/mol. The van der Waals surface area contributed by atoms with Gasteiger partial charge in [0.1, 0.15) is 11.6 Å². The van der Waals surface area contributed by atoms with Crippen LogP contribution in [0.25, 0.3) is 0 Å². The van der Waals surface area contributed by atoms with E-state index in [9.17, 15) is 9.18 Å². The van der Waals surface area contributed by atoms with Crippen LogP contribution in [0.3, 0.4) is 0 Å². The van der Waals surface area contributed by atoms with Crippen LogP contribution in [0, 0.1) is 5.82 Å². The van der Waals surface area contributed by atoms with Gasteiger partial charge in [-0.15, -0.1) is 12.4 Å². The fraction of sp³-hybridized carbons (Fsp3) is 0.562. The number of amides is 1. The topological polar surface area (TPSA) is 53.6 Å². The Morgan fingerprint density at radius 2 is 1.96 bits per heavy atom. The van der Waals surface area contributed by atoms with E-state index in [1.54, 1.807) is 12.1 Å². The Hall–Kier alpha value is -1.37. The molecule has 1 heterocycles. The molecule has 1 amide bonds. The lowest BCUT2D eigenvalue weighted by atomic mass is 10.3. The molecule has 130 valence electrons. The van der Waals surface area contributed by atoms with Crippen molar-refractivity contribution in [2.24, 2.45) is 0 Å². The number of nitrogens with zero attached hydrogens (tertiary/aromatic N) is 1. The summed E-state index contributed by atoms with van der Waals surface area (Å²) in [7, 11) is 0.